The van der Waals surface area contributed by atoms with E-state index in [0.717, 1.165) is 17.8 Å². The number of amides is 1. The van der Waals surface area contributed by atoms with Gasteiger partial charge in [-0.15, -0.1) is 0 Å². The number of benzene rings is 3. The number of ether oxygens (including phenoxy) is 3. The Morgan fingerprint density at radius 1 is 0.951 bits per heavy atom. The minimum absolute atomic E-state index is 0.206. The van der Waals surface area contributed by atoms with Gasteiger partial charge in [-0.25, -0.2) is 4.79 Å². The largest absolute Gasteiger partial charge is 0.492 e. The second-order valence-electron chi connectivity index (χ2n) is 10.4. The Labute approximate surface area is 240 Å². The number of hydrogen-bond acceptors (Lipinski definition) is 7. The van der Waals surface area contributed by atoms with Gasteiger partial charge in [0, 0.05) is 17.9 Å². The lowest BCUT2D eigenvalue weighted by atomic mass is 9.78. The van der Waals surface area contributed by atoms with E-state index < -0.39 is 29.6 Å². The SMILES string of the molecule is COC(=O)C1=C(C(=O)Nc2ccc(OCCN(C)C)cc2)C2C=CC1(C(Cc1ccccc1)Nc1ccccc1)O2. The Kier molecular flexibility index (Phi) is 8.52. The molecular weight excluding hydrogens is 518 g/mol. The molecule has 2 aliphatic rings. The van der Waals surface area contributed by atoms with E-state index >= 15 is 0 Å². The maximum Gasteiger partial charge on any atom is 0.337 e. The number of fused-ring (bicyclic) bond motifs is 2. The smallest absolute Gasteiger partial charge is 0.337 e. The maximum atomic E-state index is 13.7. The monoisotopic (exact) mass is 553 g/mol. The van der Waals surface area contributed by atoms with Crippen molar-refractivity contribution in [2.24, 2.45) is 0 Å². The molecule has 0 fully saturated rings. The lowest BCUT2D eigenvalue weighted by Crippen LogP contribution is -2.49. The van der Waals surface area contributed by atoms with E-state index in [2.05, 4.69) is 10.6 Å². The fourth-order valence-corrected chi connectivity index (χ4v) is 5.23. The van der Waals surface area contributed by atoms with Crippen molar-refractivity contribution in [1.82, 2.24) is 4.90 Å². The molecule has 3 atom stereocenters. The number of methoxy groups -OCH3 is 1. The van der Waals surface area contributed by atoms with E-state index in [9.17, 15) is 9.59 Å². The minimum Gasteiger partial charge on any atom is -0.492 e. The molecule has 2 bridgehead atoms. The summed E-state index contributed by atoms with van der Waals surface area (Å²) in [6, 6.07) is 26.5. The number of nitrogens with one attached hydrogen (secondary N) is 2. The quantitative estimate of drug-likeness (QED) is 0.253. The van der Waals surface area contributed by atoms with Crippen LogP contribution >= 0.6 is 0 Å². The van der Waals surface area contributed by atoms with Crippen molar-refractivity contribution in [3.63, 3.8) is 0 Å². The van der Waals surface area contributed by atoms with Crippen molar-refractivity contribution in [2.75, 3.05) is 45.0 Å². The Bertz CT molecular complexity index is 1380. The van der Waals surface area contributed by atoms with E-state index in [1.54, 1.807) is 24.3 Å². The fraction of sp³-hybridized carbons (Fsp3) is 0.273. The summed E-state index contributed by atoms with van der Waals surface area (Å²) in [6.07, 6.45) is 3.57. The number of esters is 1. The number of nitrogens with zero attached hydrogens (tertiary/aromatic N) is 1. The van der Waals surface area contributed by atoms with Crippen LogP contribution in [0.1, 0.15) is 5.56 Å². The van der Waals surface area contributed by atoms with Gasteiger partial charge >= 0.3 is 5.97 Å². The predicted molar refractivity (Wildman–Crippen MR) is 159 cm³/mol. The van der Waals surface area contributed by atoms with Crippen LogP contribution in [0.15, 0.2) is 108 Å². The molecule has 5 rings (SSSR count). The highest BCUT2D eigenvalue weighted by molar-refractivity contribution is 6.12. The molecule has 0 saturated carbocycles. The molecular formula is C33H35N3O5. The van der Waals surface area contributed by atoms with Crippen LogP contribution in [0.5, 0.6) is 5.75 Å². The predicted octanol–water partition coefficient (Wildman–Crippen LogP) is 4.47. The summed E-state index contributed by atoms with van der Waals surface area (Å²) in [4.78, 5) is 29.1. The van der Waals surface area contributed by atoms with E-state index in [1.165, 1.54) is 7.11 Å². The van der Waals surface area contributed by atoms with Crippen molar-refractivity contribution in [3.8, 4) is 5.75 Å². The van der Waals surface area contributed by atoms with Gasteiger partial charge in [-0.2, -0.15) is 0 Å². The molecule has 3 aromatic rings. The molecule has 0 saturated heterocycles. The first-order valence-corrected chi connectivity index (χ1v) is 13.6. The summed E-state index contributed by atoms with van der Waals surface area (Å²) in [5.74, 6) is -0.305. The standard InChI is InChI=1S/C33H35N3O5/c1-36(2)20-21-40-26-16-14-25(15-17-26)35-31(37)29-27-18-19-33(41-27,30(29)32(38)39-3)28(22-23-10-6-4-7-11-23)34-24-12-8-5-9-13-24/h4-19,27-28,34H,20-22H2,1-3H3,(H,35,37). The summed E-state index contributed by atoms with van der Waals surface area (Å²) < 4.78 is 17.5. The number of hydrogen-bond donors (Lipinski definition) is 2. The van der Waals surface area contributed by atoms with Crippen LogP contribution in [0.2, 0.25) is 0 Å². The summed E-state index contributed by atoms with van der Waals surface area (Å²) in [6.45, 7) is 1.35. The lowest BCUT2D eigenvalue weighted by molar-refractivity contribution is -0.138. The molecule has 41 heavy (non-hydrogen) atoms. The van der Waals surface area contributed by atoms with Gasteiger partial charge in [-0.3, -0.25) is 4.79 Å². The molecule has 0 radical (unpaired) electrons. The third-order valence-electron chi connectivity index (χ3n) is 7.25. The second-order valence-corrected chi connectivity index (χ2v) is 10.4. The zero-order valence-electron chi connectivity index (χ0n) is 23.5. The first-order valence-electron chi connectivity index (χ1n) is 13.6. The molecule has 3 aromatic carbocycles. The molecule has 8 heteroatoms. The van der Waals surface area contributed by atoms with Gasteiger partial charge in [0.2, 0.25) is 0 Å². The summed E-state index contributed by atoms with van der Waals surface area (Å²) in [5, 5.41) is 6.50. The summed E-state index contributed by atoms with van der Waals surface area (Å²) >= 11 is 0. The zero-order chi connectivity index (χ0) is 28.8. The number of rotatable bonds is 12. The van der Waals surface area contributed by atoms with Crippen molar-refractivity contribution >= 4 is 23.3 Å². The molecule has 3 unspecified atom stereocenters. The molecule has 0 spiro atoms. The Morgan fingerprint density at radius 3 is 2.29 bits per heavy atom. The number of para-hydroxylation sites is 1. The van der Waals surface area contributed by atoms with Gasteiger partial charge in [0.1, 0.15) is 24.1 Å². The van der Waals surface area contributed by atoms with Crippen LogP contribution in [-0.2, 0) is 25.5 Å². The van der Waals surface area contributed by atoms with Gasteiger partial charge in [0.15, 0.2) is 0 Å². The molecule has 0 aliphatic carbocycles. The van der Waals surface area contributed by atoms with E-state index in [1.807, 2.05) is 91.8 Å². The fourth-order valence-electron chi connectivity index (χ4n) is 5.23. The van der Waals surface area contributed by atoms with Crippen molar-refractivity contribution in [3.05, 3.63) is 114 Å². The Morgan fingerprint density at radius 2 is 1.63 bits per heavy atom. The van der Waals surface area contributed by atoms with Crippen LogP contribution in [0, 0.1) is 0 Å². The van der Waals surface area contributed by atoms with Crippen molar-refractivity contribution < 1.29 is 23.8 Å². The number of carbonyl (C=O) groups excluding carboxylic acids is 2. The molecule has 1 amide bonds. The van der Waals surface area contributed by atoms with Gasteiger partial charge in [0.25, 0.3) is 5.91 Å². The number of anilines is 2. The van der Waals surface area contributed by atoms with Crippen LogP contribution in [0.25, 0.3) is 0 Å². The topological polar surface area (TPSA) is 89.1 Å². The summed E-state index contributed by atoms with van der Waals surface area (Å²) in [5.41, 5.74) is 1.76. The van der Waals surface area contributed by atoms with E-state index in [0.29, 0.717) is 24.5 Å². The number of carbonyl (C=O) groups is 2. The molecule has 212 valence electrons. The first-order chi connectivity index (χ1) is 19.9. The third kappa shape index (κ3) is 6.19. The normalized spacial score (nSPS) is 19.8. The van der Waals surface area contributed by atoms with Crippen LogP contribution in [-0.4, -0.2) is 68.9 Å². The molecule has 8 nitrogen and oxygen atoms in total. The third-order valence-corrected chi connectivity index (χ3v) is 7.25. The highest BCUT2D eigenvalue weighted by Gasteiger charge is 2.58. The minimum atomic E-state index is -1.21. The average molecular weight is 554 g/mol. The molecule has 2 heterocycles. The molecule has 2 N–H and O–H groups in total. The van der Waals surface area contributed by atoms with Gasteiger partial charge in [-0.05, 0) is 68.6 Å². The van der Waals surface area contributed by atoms with E-state index in [4.69, 9.17) is 14.2 Å². The Balaban J connectivity index is 1.44. The van der Waals surface area contributed by atoms with Crippen molar-refractivity contribution in [2.45, 2.75) is 24.2 Å². The highest BCUT2D eigenvalue weighted by atomic mass is 16.5. The average Bonchev–Trinajstić information content (AvgIpc) is 3.57. The zero-order valence-corrected chi connectivity index (χ0v) is 23.5. The van der Waals surface area contributed by atoms with Crippen molar-refractivity contribution in [1.29, 1.82) is 0 Å². The van der Waals surface area contributed by atoms with Crippen LogP contribution in [0.3, 0.4) is 0 Å². The van der Waals surface area contributed by atoms with Crippen LogP contribution < -0.4 is 15.4 Å². The van der Waals surface area contributed by atoms with Crippen LogP contribution in [0.4, 0.5) is 11.4 Å². The van der Waals surface area contributed by atoms with Gasteiger partial charge < -0.3 is 29.7 Å². The number of likely N-dealkylation sites (N-methyl/N-ethyl adjacent to an activating group) is 1. The maximum absolute atomic E-state index is 13.7. The first kappa shape index (κ1) is 28.1. The second kappa shape index (κ2) is 12.4. The summed E-state index contributed by atoms with van der Waals surface area (Å²) in [7, 11) is 5.29. The molecule has 2 aliphatic heterocycles. The highest BCUT2D eigenvalue weighted by Crippen LogP contribution is 2.47. The van der Waals surface area contributed by atoms with Gasteiger partial charge in [0.05, 0.1) is 24.3 Å². The van der Waals surface area contributed by atoms with E-state index in [-0.39, 0.29) is 11.1 Å². The Hall–Kier alpha value is -4.40. The van der Waals surface area contributed by atoms with Gasteiger partial charge in [-0.1, -0.05) is 54.6 Å². The lowest BCUT2D eigenvalue weighted by Gasteiger charge is -2.36. The molecule has 0 aromatic heterocycles.